The molecule has 0 aromatic carbocycles. The molecule has 0 unspecified atom stereocenters. The van der Waals surface area contributed by atoms with Gasteiger partial charge in [0.05, 0.1) is 0 Å². The second kappa shape index (κ2) is 17.4. The molecular weight excluding hydrogens is 538 g/mol. The number of nitrogens with one attached hydrogen (secondary N) is 5. The molecule has 14 heteroatoms. The molecule has 0 spiro atoms. The lowest BCUT2D eigenvalue weighted by Crippen LogP contribution is -2.47. The van der Waals surface area contributed by atoms with Crippen LogP contribution in [-0.2, 0) is 19.0 Å². The normalized spacial score (nSPS) is 13.2. The standard InChI is InChI=1S/C27H51N5O9/c1-25(2,3)39-22(36)29-15-11-13-19(32-24(38)41-27(7,8)9)17-30-20(33)16-18(12-10-14-28-21(34)35)31-23(37)40-26(4,5)6/h18-19,28H,10-17H2,1-9H3,(H,29,36)(H,30,33)(H,31,37)(H,32,38)(H,34,35)/t18-,19+/m0/s1. The summed E-state index contributed by atoms with van der Waals surface area (Å²) in [5, 5.41) is 21.8. The van der Waals surface area contributed by atoms with Gasteiger partial charge in [0, 0.05) is 38.1 Å². The molecule has 0 radical (unpaired) electrons. The highest BCUT2D eigenvalue weighted by Crippen LogP contribution is 2.10. The van der Waals surface area contributed by atoms with Crippen LogP contribution in [0.4, 0.5) is 19.2 Å². The number of amides is 5. The van der Waals surface area contributed by atoms with E-state index in [1.54, 1.807) is 62.3 Å². The number of carbonyl (C=O) groups is 5. The molecule has 0 aliphatic carbocycles. The van der Waals surface area contributed by atoms with Gasteiger partial charge in [-0.25, -0.2) is 19.2 Å². The zero-order valence-electron chi connectivity index (χ0n) is 26.0. The third kappa shape index (κ3) is 24.1. The van der Waals surface area contributed by atoms with E-state index in [9.17, 15) is 24.0 Å². The summed E-state index contributed by atoms with van der Waals surface area (Å²) in [5.41, 5.74) is -2.08. The number of rotatable bonds is 14. The number of hydrogen-bond acceptors (Lipinski definition) is 8. The maximum Gasteiger partial charge on any atom is 0.407 e. The Bertz CT molecular complexity index is 861. The van der Waals surface area contributed by atoms with E-state index in [1.165, 1.54) is 0 Å². The molecule has 0 rings (SSSR count). The van der Waals surface area contributed by atoms with Gasteiger partial charge in [0.15, 0.2) is 0 Å². The predicted octanol–water partition coefficient (Wildman–Crippen LogP) is 3.63. The first kappa shape index (κ1) is 37.6. The first-order chi connectivity index (χ1) is 18.6. The molecule has 238 valence electrons. The Balaban J connectivity index is 5.13. The van der Waals surface area contributed by atoms with E-state index in [0.29, 0.717) is 32.2 Å². The van der Waals surface area contributed by atoms with Gasteiger partial charge in [0.2, 0.25) is 5.91 Å². The van der Waals surface area contributed by atoms with Crippen molar-refractivity contribution in [1.82, 2.24) is 26.6 Å². The summed E-state index contributed by atoms with van der Waals surface area (Å²) in [4.78, 5) is 60.1. The van der Waals surface area contributed by atoms with Crippen LogP contribution in [0.25, 0.3) is 0 Å². The average molecular weight is 590 g/mol. The summed E-state index contributed by atoms with van der Waals surface area (Å²) in [6.07, 6.45) is -1.54. The molecule has 14 nitrogen and oxygen atoms in total. The Morgan fingerprint density at radius 3 is 1.49 bits per heavy atom. The van der Waals surface area contributed by atoms with Crippen molar-refractivity contribution < 1.29 is 43.3 Å². The zero-order chi connectivity index (χ0) is 31.9. The monoisotopic (exact) mass is 589 g/mol. The van der Waals surface area contributed by atoms with E-state index in [0.717, 1.165) is 0 Å². The minimum absolute atomic E-state index is 0.0737. The number of alkyl carbamates (subject to hydrolysis) is 3. The lowest BCUT2D eigenvalue weighted by molar-refractivity contribution is -0.121. The average Bonchev–Trinajstić information content (AvgIpc) is 2.73. The number of carbonyl (C=O) groups excluding carboxylic acids is 4. The molecule has 0 aliphatic heterocycles. The van der Waals surface area contributed by atoms with Crippen molar-refractivity contribution in [2.24, 2.45) is 0 Å². The summed E-state index contributed by atoms with van der Waals surface area (Å²) < 4.78 is 15.8. The van der Waals surface area contributed by atoms with Gasteiger partial charge >= 0.3 is 24.4 Å². The van der Waals surface area contributed by atoms with Crippen LogP contribution in [-0.4, -0.2) is 83.9 Å². The molecule has 6 N–H and O–H groups in total. The van der Waals surface area contributed by atoms with Gasteiger partial charge in [-0.3, -0.25) is 4.79 Å². The van der Waals surface area contributed by atoms with Crippen molar-refractivity contribution in [3.63, 3.8) is 0 Å². The second-order valence-corrected chi connectivity index (χ2v) is 12.6. The van der Waals surface area contributed by atoms with E-state index in [1.807, 2.05) is 0 Å². The lowest BCUT2D eigenvalue weighted by atomic mass is 10.1. The Morgan fingerprint density at radius 1 is 0.610 bits per heavy atom. The molecule has 0 aromatic heterocycles. The van der Waals surface area contributed by atoms with E-state index in [-0.39, 0.29) is 25.4 Å². The molecule has 0 fully saturated rings. The molecule has 0 heterocycles. The Labute approximate surface area is 243 Å². The highest BCUT2D eigenvalue weighted by atomic mass is 16.6. The van der Waals surface area contributed by atoms with Crippen LogP contribution in [0.3, 0.4) is 0 Å². The van der Waals surface area contributed by atoms with Crippen LogP contribution < -0.4 is 26.6 Å². The highest BCUT2D eigenvalue weighted by molar-refractivity contribution is 5.78. The number of ether oxygens (including phenoxy) is 3. The van der Waals surface area contributed by atoms with Gasteiger partial charge in [0.25, 0.3) is 0 Å². The van der Waals surface area contributed by atoms with E-state index in [4.69, 9.17) is 19.3 Å². The third-order valence-corrected chi connectivity index (χ3v) is 4.82. The maximum atomic E-state index is 12.8. The van der Waals surface area contributed by atoms with E-state index < -0.39 is 53.3 Å². The summed E-state index contributed by atoms with van der Waals surface area (Å²) >= 11 is 0. The van der Waals surface area contributed by atoms with Crippen molar-refractivity contribution in [1.29, 1.82) is 0 Å². The van der Waals surface area contributed by atoms with Crippen LogP contribution in [0.1, 0.15) is 94.4 Å². The Morgan fingerprint density at radius 2 is 1.02 bits per heavy atom. The first-order valence-corrected chi connectivity index (χ1v) is 13.8. The predicted molar refractivity (Wildman–Crippen MR) is 153 cm³/mol. The molecule has 0 saturated carbocycles. The largest absolute Gasteiger partial charge is 0.465 e. The molecule has 0 saturated heterocycles. The van der Waals surface area contributed by atoms with Crippen molar-refractivity contribution in [3.8, 4) is 0 Å². The van der Waals surface area contributed by atoms with Crippen LogP contribution in [0.5, 0.6) is 0 Å². The van der Waals surface area contributed by atoms with Gasteiger partial charge in [-0.2, -0.15) is 0 Å². The molecule has 2 atom stereocenters. The van der Waals surface area contributed by atoms with Crippen molar-refractivity contribution >= 4 is 30.3 Å². The number of hydrogen-bond donors (Lipinski definition) is 6. The molecule has 41 heavy (non-hydrogen) atoms. The molecule has 5 amide bonds. The van der Waals surface area contributed by atoms with Gasteiger partial charge in [-0.1, -0.05) is 0 Å². The summed E-state index contributed by atoms with van der Waals surface area (Å²) in [6, 6.07) is -1.12. The maximum absolute atomic E-state index is 12.8. The van der Waals surface area contributed by atoms with Gasteiger partial charge in [0.1, 0.15) is 16.8 Å². The summed E-state index contributed by atoms with van der Waals surface area (Å²) in [5.74, 6) is -0.389. The first-order valence-electron chi connectivity index (χ1n) is 13.8. The molecule has 0 aliphatic rings. The zero-order valence-corrected chi connectivity index (χ0v) is 26.0. The second-order valence-electron chi connectivity index (χ2n) is 12.6. The third-order valence-electron chi connectivity index (χ3n) is 4.82. The fourth-order valence-corrected chi connectivity index (χ4v) is 3.33. The summed E-state index contributed by atoms with van der Waals surface area (Å²) in [6.45, 7) is 16.1. The fraction of sp³-hybridized carbons (Fsp3) is 0.815. The fourth-order valence-electron chi connectivity index (χ4n) is 3.33. The van der Waals surface area contributed by atoms with Crippen molar-refractivity contribution in [2.75, 3.05) is 19.6 Å². The molecule has 0 bridgehead atoms. The number of carboxylic acid groups (broad SMARTS) is 1. The quantitative estimate of drug-likeness (QED) is 0.130. The van der Waals surface area contributed by atoms with Crippen molar-refractivity contribution in [3.05, 3.63) is 0 Å². The minimum Gasteiger partial charge on any atom is -0.465 e. The molecular formula is C27H51N5O9. The van der Waals surface area contributed by atoms with Crippen LogP contribution in [0, 0.1) is 0 Å². The lowest BCUT2D eigenvalue weighted by Gasteiger charge is -2.25. The summed E-state index contributed by atoms with van der Waals surface area (Å²) in [7, 11) is 0. The van der Waals surface area contributed by atoms with Crippen LogP contribution in [0.2, 0.25) is 0 Å². The van der Waals surface area contributed by atoms with Crippen molar-refractivity contribution in [2.45, 2.75) is 123 Å². The van der Waals surface area contributed by atoms with Crippen LogP contribution in [0.15, 0.2) is 0 Å². The Kier molecular flexibility index (Phi) is 15.9. The highest BCUT2D eigenvalue weighted by Gasteiger charge is 2.23. The SMILES string of the molecule is CC(C)(C)OC(=O)NCCC[C@H](CNC(=O)C[C@H](CCCNC(=O)O)NC(=O)OC(C)(C)C)NC(=O)OC(C)(C)C. The van der Waals surface area contributed by atoms with Gasteiger partial charge < -0.3 is 45.9 Å². The molecule has 0 aromatic rings. The smallest absolute Gasteiger partial charge is 0.407 e. The Hall–Kier alpha value is -3.45. The minimum atomic E-state index is -1.16. The van der Waals surface area contributed by atoms with Gasteiger partial charge in [-0.15, -0.1) is 0 Å². The van der Waals surface area contributed by atoms with E-state index >= 15 is 0 Å². The topological polar surface area (TPSA) is 193 Å². The van der Waals surface area contributed by atoms with Crippen LogP contribution >= 0.6 is 0 Å². The van der Waals surface area contributed by atoms with Gasteiger partial charge in [-0.05, 0) is 88.0 Å². The van der Waals surface area contributed by atoms with E-state index in [2.05, 4.69) is 26.6 Å².